The largest absolute Gasteiger partial charge is 0.490 e. The fraction of sp³-hybridized carbons (Fsp3) is 0.294. The highest BCUT2D eigenvalue weighted by atomic mass is 32.1. The number of rotatable bonds is 8. The quantitative estimate of drug-likeness (QED) is 0.446. The van der Waals surface area contributed by atoms with Crippen molar-refractivity contribution in [3.8, 4) is 11.5 Å². The molecule has 0 fully saturated rings. The van der Waals surface area contributed by atoms with Gasteiger partial charge in [0.15, 0.2) is 11.5 Å². The molecule has 0 radical (unpaired) electrons. The number of ether oxygens (including phenoxy) is 2. The second-order valence-corrected chi connectivity index (χ2v) is 5.91. The average Bonchev–Trinajstić information content (AvgIpc) is 2.92. The fourth-order valence-electron chi connectivity index (χ4n) is 1.76. The molecule has 2 rings (SSSR count). The lowest BCUT2D eigenvalue weighted by molar-refractivity contribution is 0.293. The monoisotopic (exact) mass is 331 g/mol. The van der Waals surface area contributed by atoms with Gasteiger partial charge >= 0.3 is 0 Å². The molecule has 5 nitrogen and oxygen atoms in total. The minimum Gasteiger partial charge on any atom is -0.490 e. The summed E-state index contributed by atoms with van der Waals surface area (Å²) < 4.78 is 11.3. The van der Waals surface area contributed by atoms with E-state index in [-0.39, 0.29) is 0 Å². The maximum atomic E-state index is 5.69. The van der Waals surface area contributed by atoms with Gasteiger partial charge in [-0.2, -0.15) is 5.10 Å². The summed E-state index contributed by atoms with van der Waals surface area (Å²) in [6.07, 6.45) is 1.72. The first kappa shape index (κ1) is 17.0. The van der Waals surface area contributed by atoms with Crippen LogP contribution in [0.4, 0.5) is 5.13 Å². The summed E-state index contributed by atoms with van der Waals surface area (Å²) in [5.74, 6) is 1.40. The lowest BCUT2D eigenvalue weighted by Crippen LogP contribution is -2.02. The van der Waals surface area contributed by atoms with Crippen LogP contribution in [0.5, 0.6) is 11.5 Å². The number of hydrogen-bond donors (Lipinski definition) is 1. The number of hydrogen-bond acceptors (Lipinski definition) is 6. The van der Waals surface area contributed by atoms with Gasteiger partial charge in [-0.25, -0.2) is 4.98 Å². The molecule has 122 valence electrons. The highest BCUT2D eigenvalue weighted by molar-refractivity contribution is 7.13. The molecule has 1 N–H and O–H groups in total. The molecule has 0 aliphatic rings. The minimum atomic E-state index is 0.471. The van der Waals surface area contributed by atoms with Crippen LogP contribution in [-0.2, 0) is 0 Å². The van der Waals surface area contributed by atoms with E-state index < -0.39 is 0 Å². The maximum absolute atomic E-state index is 5.69. The number of aromatic nitrogens is 1. The Bertz CT molecular complexity index is 695. The van der Waals surface area contributed by atoms with Crippen LogP contribution in [0.3, 0.4) is 0 Å². The van der Waals surface area contributed by atoms with Crippen molar-refractivity contribution in [3.05, 3.63) is 47.0 Å². The molecular formula is C17H21N3O2S. The van der Waals surface area contributed by atoms with E-state index in [1.165, 1.54) is 11.3 Å². The smallest absolute Gasteiger partial charge is 0.203 e. The molecule has 1 heterocycles. The summed E-state index contributed by atoms with van der Waals surface area (Å²) in [5.41, 5.74) is 5.76. The molecule has 0 spiro atoms. The number of anilines is 1. The molecule has 2 aromatic rings. The SMILES string of the molecule is C=C(C)COc1ccc(C=NNc2nc(C)cs2)cc1OCC. The van der Waals surface area contributed by atoms with Crippen molar-refractivity contribution in [2.75, 3.05) is 18.6 Å². The topological polar surface area (TPSA) is 55.7 Å². The summed E-state index contributed by atoms with van der Waals surface area (Å²) in [7, 11) is 0. The first-order chi connectivity index (χ1) is 11.1. The van der Waals surface area contributed by atoms with Crippen molar-refractivity contribution >= 4 is 22.7 Å². The molecule has 0 unspecified atom stereocenters. The Morgan fingerprint density at radius 3 is 2.87 bits per heavy atom. The Morgan fingerprint density at radius 1 is 1.39 bits per heavy atom. The highest BCUT2D eigenvalue weighted by Crippen LogP contribution is 2.28. The van der Waals surface area contributed by atoms with Crippen LogP contribution in [0.15, 0.2) is 40.8 Å². The molecule has 0 saturated carbocycles. The van der Waals surface area contributed by atoms with Crippen LogP contribution in [0.2, 0.25) is 0 Å². The van der Waals surface area contributed by atoms with Crippen molar-refractivity contribution in [3.63, 3.8) is 0 Å². The zero-order valence-corrected chi connectivity index (χ0v) is 14.4. The van der Waals surface area contributed by atoms with Crippen molar-refractivity contribution < 1.29 is 9.47 Å². The van der Waals surface area contributed by atoms with Gasteiger partial charge in [0.1, 0.15) is 6.61 Å². The van der Waals surface area contributed by atoms with Crippen molar-refractivity contribution in [1.82, 2.24) is 4.98 Å². The Hall–Kier alpha value is -2.34. The van der Waals surface area contributed by atoms with Crippen LogP contribution in [0.25, 0.3) is 0 Å². The molecule has 23 heavy (non-hydrogen) atoms. The standard InChI is InChI=1S/C17H21N3O2S/c1-5-21-16-8-14(6-7-15(16)22-10-12(2)3)9-18-20-17-19-13(4)11-23-17/h6-9,11H,2,5,10H2,1,3-4H3,(H,19,20). The number of thiazole rings is 1. The Balaban J connectivity index is 2.06. The third kappa shape index (κ3) is 5.41. The lowest BCUT2D eigenvalue weighted by Gasteiger charge is -2.12. The van der Waals surface area contributed by atoms with E-state index in [0.29, 0.717) is 24.7 Å². The van der Waals surface area contributed by atoms with Gasteiger partial charge in [-0.1, -0.05) is 6.58 Å². The van der Waals surface area contributed by atoms with Crippen molar-refractivity contribution in [1.29, 1.82) is 0 Å². The zero-order valence-electron chi connectivity index (χ0n) is 13.6. The van der Waals surface area contributed by atoms with E-state index in [9.17, 15) is 0 Å². The first-order valence-electron chi connectivity index (χ1n) is 7.33. The summed E-state index contributed by atoms with van der Waals surface area (Å²) in [6, 6.07) is 5.70. The van der Waals surface area contributed by atoms with Gasteiger partial charge in [0, 0.05) is 5.38 Å². The predicted octanol–water partition coefficient (Wildman–Crippen LogP) is 4.25. The van der Waals surface area contributed by atoms with Gasteiger partial charge in [0.05, 0.1) is 18.5 Å². The zero-order chi connectivity index (χ0) is 16.7. The van der Waals surface area contributed by atoms with E-state index in [1.54, 1.807) is 6.21 Å². The normalized spacial score (nSPS) is 10.7. The first-order valence-corrected chi connectivity index (χ1v) is 8.21. The van der Waals surface area contributed by atoms with Crippen molar-refractivity contribution in [2.45, 2.75) is 20.8 Å². The van der Waals surface area contributed by atoms with Gasteiger partial charge in [-0.05, 0) is 50.1 Å². The summed E-state index contributed by atoms with van der Waals surface area (Å²) in [4.78, 5) is 4.28. The maximum Gasteiger partial charge on any atom is 0.203 e. The van der Waals surface area contributed by atoms with Crippen LogP contribution < -0.4 is 14.9 Å². The Morgan fingerprint density at radius 2 is 2.22 bits per heavy atom. The predicted molar refractivity (Wildman–Crippen MR) is 96.0 cm³/mol. The van der Waals surface area contributed by atoms with Crippen LogP contribution in [0, 0.1) is 6.92 Å². The van der Waals surface area contributed by atoms with Gasteiger partial charge in [0.25, 0.3) is 0 Å². The molecular weight excluding hydrogens is 310 g/mol. The molecule has 0 atom stereocenters. The Kier molecular flexibility index (Phi) is 6.17. The lowest BCUT2D eigenvalue weighted by atomic mass is 10.2. The Labute approximate surface area is 140 Å². The van der Waals surface area contributed by atoms with Gasteiger partial charge in [-0.3, -0.25) is 5.43 Å². The fourth-order valence-corrected chi connectivity index (χ4v) is 2.40. The van der Waals surface area contributed by atoms with E-state index in [4.69, 9.17) is 9.47 Å². The summed E-state index contributed by atoms with van der Waals surface area (Å²) >= 11 is 1.52. The molecule has 0 amide bonds. The number of benzene rings is 1. The number of nitrogens with zero attached hydrogens (tertiary/aromatic N) is 2. The van der Waals surface area contributed by atoms with Crippen molar-refractivity contribution in [2.24, 2.45) is 5.10 Å². The van der Waals surface area contributed by atoms with E-state index in [2.05, 4.69) is 22.1 Å². The molecule has 6 heteroatoms. The van der Waals surface area contributed by atoms with Gasteiger partial charge < -0.3 is 9.47 Å². The van der Waals surface area contributed by atoms with E-state index in [0.717, 1.165) is 22.0 Å². The van der Waals surface area contributed by atoms with Crippen LogP contribution in [-0.4, -0.2) is 24.4 Å². The average molecular weight is 331 g/mol. The molecule has 1 aromatic heterocycles. The third-order valence-electron chi connectivity index (χ3n) is 2.73. The third-order valence-corrected chi connectivity index (χ3v) is 3.60. The van der Waals surface area contributed by atoms with Gasteiger partial charge in [-0.15, -0.1) is 11.3 Å². The van der Waals surface area contributed by atoms with Gasteiger partial charge in [0.2, 0.25) is 5.13 Å². The number of hydrazone groups is 1. The van der Waals surface area contributed by atoms with E-state index >= 15 is 0 Å². The van der Waals surface area contributed by atoms with Crippen LogP contribution in [0.1, 0.15) is 25.1 Å². The van der Waals surface area contributed by atoms with Crippen LogP contribution >= 0.6 is 11.3 Å². The molecule has 0 saturated heterocycles. The second kappa shape index (κ2) is 8.33. The second-order valence-electron chi connectivity index (χ2n) is 5.05. The molecule has 0 aliphatic carbocycles. The molecule has 0 aliphatic heterocycles. The molecule has 1 aromatic carbocycles. The summed E-state index contributed by atoms with van der Waals surface area (Å²) in [6.45, 7) is 10.7. The highest BCUT2D eigenvalue weighted by Gasteiger charge is 2.06. The molecule has 0 bridgehead atoms. The van der Waals surface area contributed by atoms with E-state index in [1.807, 2.05) is 44.4 Å². The number of aryl methyl sites for hydroxylation is 1. The number of nitrogens with one attached hydrogen (secondary N) is 1. The minimum absolute atomic E-state index is 0.471. The summed E-state index contributed by atoms with van der Waals surface area (Å²) in [5, 5.41) is 6.93.